The summed E-state index contributed by atoms with van der Waals surface area (Å²) < 4.78 is 5.73. The third kappa shape index (κ3) is 2.84. The van der Waals surface area contributed by atoms with E-state index in [-0.39, 0.29) is 5.75 Å². The molecule has 0 heterocycles. The number of hydrogen-bond acceptors (Lipinski definition) is 4. The largest absolute Gasteiger partial charge is 0.508 e. The SMILES string of the molecule is CNCC(O)c1cc(OC)c(Br)cc1O. The third-order valence-electron chi connectivity index (χ3n) is 2.06. The number of halogens is 1. The fourth-order valence-corrected chi connectivity index (χ4v) is 1.78. The Kier molecular flexibility index (Phi) is 4.38. The van der Waals surface area contributed by atoms with E-state index in [1.165, 1.54) is 13.2 Å². The summed E-state index contributed by atoms with van der Waals surface area (Å²) in [5, 5.41) is 22.2. The predicted octanol–water partition coefficient (Wildman–Crippen LogP) is 1.42. The molecule has 0 aliphatic rings. The molecule has 0 spiro atoms. The van der Waals surface area contributed by atoms with Gasteiger partial charge in [-0.3, -0.25) is 0 Å². The van der Waals surface area contributed by atoms with Crippen LogP contribution in [0.5, 0.6) is 11.5 Å². The lowest BCUT2D eigenvalue weighted by Crippen LogP contribution is -2.16. The highest BCUT2D eigenvalue weighted by molar-refractivity contribution is 9.10. The van der Waals surface area contributed by atoms with Crippen LogP contribution in [-0.4, -0.2) is 30.9 Å². The van der Waals surface area contributed by atoms with Gasteiger partial charge in [0.1, 0.15) is 11.5 Å². The molecule has 0 saturated carbocycles. The summed E-state index contributed by atoms with van der Waals surface area (Å²) in [4.78, 5) is 0. The van der Waals surface area contributed by atoms with E-state index in [0.717, 1.165) is 0 Å². The van der Waals surface area contributed by atoms with Crippen LogP contribution >= 0.6 is 15.9 Å². The Morgan fingerprint density at radius 2 is 2.20 bits per heavy atom. The molecule has 0 saturated heterocycles. The van der Waals surface area contributed by atoms with Crippen molar-refractivity contribution in [3.63, 3.8) is 0 Å². The number of aliphatic hydroxyl groups is 1. The van der Waals surface area contributed by atoms with E-state index in [1.807, 2.05) is 0 Å². The van der Waals surface area contributed by atoms with Crippen LogP contribution in [-0.2, 0) is 0 Å². The summed E-state index contributed by atoms with van der Waals surface area (Å²) in [6.07, 6.45) is -0.753. The summed E-state index contributed by atoms with van der Waals surface area (Å²) >= 11 is 3.25. The first-order chi connectivity index (χ1) is 7.10. The van der Waals surface area contributed by atoms with Gasteiger partial charge in [-0.15, -0.1) is 0 Å². The highest BCUT2D eigenvalue weighted by atomic mass is 79.9. The van der Waals surface area contributed by atoms with E-state index in [4.69, 9.17) is 4.74 Å². The average Bonchev–Trinajstić information content (AvgIpc) is 2.18. The van der Waals surface area contributed by atoms with Crippen LogP contribution in [0.25, 0.3) is 0 Å². The Morgan fingerprint density at radius 1 is 1.53 bits per heavy atom. The molecule has 15 heavy (non-hydrogen) atoms. The van der Waals surface area contributed by atoms with Gasteiger partial charge < -0.3 is 20.3 Å². The molecule has 1 atom stereocenters. The Hall–Kier alpha value is -0.780. The van der Waals surface area contributed by atoms with E-state index in [1.54, 1.807) is 13.1 Å². The highest BCUT2D eigenvalue weighted by Gasteiger charge is 2.14. The molecule has 1 aromatic rings. The number of aromatic hydroxyl groups is 1. The summed E-state index contributed by atoms with van der Waals surface area (Å²) in [6.45, 7) is 0.373. The van der Waals surface area contributed by atoms with Gasteiger partial charge in [0.05, 0.1) is 17.7 Å². The lowest BCUT2D eigenvalue weighted by Gasteiger charge is -2.14. The summed E-state index contributed by atoms with van der Waals surface area (Å²) in [5.74, 6) is 0.628. The van der Waals surface area contributed by atoms with E-state index in [0.29, 0.717) is 22.3 Å². The number of benzene rings is 1. The first kappa shape index (κ1) is 12.3. The standard InChI is InChI=1S/C10H14BrNO3/c1-12-5-9(14)6-3-10(15-2)7(11)4-8(6)13/h3-4,9,12-14H,5H2,1-2H3. The molecule has 84 valence electrons. The number of methoxy groups -OCH3 is 1. The number of phenolic OH excluding ortho intramolecular Hbond substituents is 1. The zero-order chi connectivity index (χ0) is 11.4. The molecule has 4 nitrogen and oxygen atoms in total. The van der Waals surface area contributed by atoms with Gasteiger partial charge in [0.15, 0.2) is 0 Å². The maximum Gasteiger partial charge on any atom is 0.133 e. The van der Waals surface area contributed by atoms with Crippen molar-refractivity contribution in [2.75, 3.05) is 20.7 Å². The molecule has 0 aliphatic carbocycles. The molecule has 0 aliphatic heterocycles. The van der Waals surface area contributed by atoms with Gasteiger partial charge in [0.2, 0.25) is 0 Å². The van der Waals surface area contributed by atoms with Crippen molar-refractivity contribution < 1.29 is 14.9 Å². The number of nitrogens with one attached hydrogen (secondary N) is 1. The predicted molar refractivity (Wildman–Crippen MR) is 61.2 cm³/mol. The van der Waals surface area contributed by atoms with Crippen molar-refractivity contribution in [2.45, 2.75) is 6.10 Å². The van der Waals surface area contributed by atoms with Crippen LogP contribution in [0.15, 0.2) is 16.6 Å². The first-order valence-electron chi connectivity index (χ1n) is 4.49. The molecule has 0 radical (unpaired) electrons. The van der Waals surface area contributed by atoms with Gasteiger partial charge in [-0.1, -0.05) is 0 Å². The molecule has 0 bridgehead atoms. The van der Waals surface area contributed by atoms with E-state index < -0.39 is 6.10 Å². The number of hydrogen-bond donors (Lipinski definition) is 3. The molecule has 0 aromatic heterocycles. The Balaban J connectivity index is 3.06. The fraction of sp³-hybridized carbons (Fsp3) is 0.400. The zero-order valence-electron chi connectivity index (χ0n) is 8.62. The first-order valence-corrected chi connectivity index (χ1v) is 5.28. The van der Waals surface area contributed by atoms with Gasteiger partial charge in [-0.2, -0.15) is 0 Å². The van der Waals surface area contributed by atoms with E-state index >= 15 is 0 Å². The number of aliphatic hydroxyl groups excluding tert-OH is 1. The normalized spacial score (nSPS) is 12.5. The van der Waals surface area contributed by atoms with Gasteiger partial charge in [-0.25, -0.2) is 0 Å². The lowest BCUT2D eigenvalue weighted by atomic mass is 10.1. The van der Waals surface area contributed by atoms with Crippen LogP contribution in [0, 0.1) is 0 Å². The second-order valence-electron chi connectivity index (χ2n) is 3.12. The van der Waals surface area contributed by atoms with Gasteiger partial charge in [-0.05, 0) is 35.1 Å². The smallest absolute Gasteiger partial charge is 0.133 e. The van der Waals surface area contributed by atoms with Crippen LogP contribution in [0.1, 0.15) is 11.7 Å². The van der Waals surface area contributed by atoms with Crippen molar-refractivity contribution in [1.29, 1.82) is 0 Å². The second kappa shape index (κ2) is 5.34. The van der Waals surface area contributed by atoms with Gasteiger partial charge in [0.25, 0.3) is 0 Å². The number of phenols is 1. The number of ether oxygens (including phenoxy) is 1. The molecule has 0 amide bonds. The minimum Gasteiger partial charge on any atom is -0.508 e. The monoisotopic (exact) mass is 275 g/mol. The summed E-state index contributed by atoms with van der Waals surface area (Å²) in [5.41, 5.74) is 0.449. The topological polar surface area (TPSA) is 61.7 Å². The van der Waals surface area contributed by atoms with E-state index in [2.05, 4.69) is 21.2 Å². The number of rotatable bonds is 4. The third-order valence-corrected chi connectivity index (χ3v) is 2.68. The van der Waals surface area contributed by atoms with Crippen molar-refractivity contribution >= 4 is 15.9 Å². The van der Waals surface area contributed by atoms with Crippen LogP contribution in [0.4, 0.5) is 0 Å². The average molecular weight is 276 g/mol. The van der Waals surface area contributed by atoms with Crippen LogP contribution < -0.4 is 10.1 Å². The molecule has 3 N–H and O–H groups in total. The molecule has 1 unspecified atom stereocenters. The molecular weight excluding hydrogens is 262 g/mol. The van der Waals surface area contributed by atoms with Gasteiger partial charge >= 0.3 is 0 Å². The van der Waals surface area contributed by atoms with E-state index in [9.17, 15) is 10.2 Å². The Morgan fingerprint density at radius 3 is 2.73 bits per heavy atom. The van der Waals surface area contributed by atoms with Crippen LogP contribution in [0.2, 0.25) is 0 Å². The van der Waals surface area contributed by atoms with Gasteiger partial charge in [0, 0.05) is 12.1 Å². The maximum atomic E-state index is 9.72. The summed E-state index contributed by atoms with van der Waals surface area (Å²) in [7, 11) is 3.27. The molecule has 1 rings (SSSR count). The minimum atomic E-state index is -0.753. The fourth-order valence-electron chi connectivity index (χ4n) is 1.29. The van der Waals surface area contributed by atoms with Crippen molar-refractivity contribution in [3.05, 3.63) is 22.2 Å². The quantitative estimate of drug-likeness (QED) is 0.778. The molecule has 1 aromatic carbocycles. The highest BCUT2D eigenvalue weighted by Crippen LogP contribution is 2.34. The molecule has 0 fully saturated rings. The Labute approximate surface area is 97.0 Å². The summed E-state index contributed by atoms with van der Waals surface area (Å²) in [6, 6.07) is 3.12. The lowest BCUT2D eigenvalue weighted by molar-refractivity contribution is 0.173. The second-order valence-corrected chi connectivity index (χ2v) is 3.97. The Bertz CT molecular complexity index is 344. The minimum absolute atomic E-state index is 0.0467. The van der Waals surface area contributed by atoms with Crippen molar-refractivity contribution in [1.82, 2.24) is 5.32 Å². The van der Waals surface area contributed by atoms with Crippen molar-refractivity contribution in [2.24, 2.45) is 0 Å². The zero-order valence-corrected chi connectivity index (χ0v) is 10.2. The van der Waals surface area contributed by atoms with Crippen molar-refractivity contribution in [3.8, 4) is 11.5 Å². The number of likely N-dealkylation sites (N-methyl/N-ethyl adjacent to an activating group) is 1. The van der Waals surface area contributed by atoms with Crippen LogP contribution in [0.3, 0.4) is 0 Å². The molecule has 5 heteroatoms. The maximum absolute atomic E-state index is 9.72. The molecular formula is C10H14BrNO3.